The van der Waals surface area contributed by atoms with Crippen molar-refractivity contribution in [3.8, 4) is 5.75 Å². The first-order valence-electron chi connectivity index (χ1n) is 3.85. The third kappa shape index (κ3) is 1.80. The first kappa shape index (κ1) is 7.68. The van der Waals surface area contributed by atoms with E-state index in [1.165, 1.54) is 0 Å². The van der Waals surface area contributed by atoms with Crippen molar-refractivity contribution in [2.24, 2.45) is 4.99 Å². The van der Waals surface area contributed by atoms with Crippen LogP contribution in [-0.4, -0.2) is 17.5 Å². The maximum absolute atomic E-state index is 5.49. The molecule has 0 N–H and O–H groups in total. The van der Waals surface area contributed by atoms with Crippen molar-refractivity contribution in [3.05, 3.63) is 30.3 Å². The van der Waals surface area contributed by atoms with Gasteiger partial charge in [0.05, 0.1) is 6.54 Å². The summed E-state index contributed by atoms with van der Waals surface area (Å²) in [4.78, 5) is 4.19. The zero-order valence-electron chi connectivity index (χ0n) is 6.56. The van der Waals surface area contributed by atoms with Crippen LogP contribution in [0.2, 0.25) is 0 Å². The van der Waals surface area contributed by atoms with E-state index in [-0.39, 0.29) is 0 Å². The summed E-state index contributed by atoms with van der Waals surface area (Å²) in [6.07, 6.45) is 0. The predicted molar refractivity (Wildman–Crippen MR) is 51.8 cm³/mol. The minimum Gasteiger partial charge on any atom is -0.434 e. The Balaban J connectivity index is 2.04. The predicted octanol–water partition coefficient (Wildman–Crippen LogP) is 2.17. The van der Waals surface area contributed by atoms with Crippen LogP contribution >= 0.6 is 11.8 Å². The van der Waals surface area contributed by atoms with Gasteiger partial charge in [-0.25, -0.2) is 4.99 Å². The van der Waals surface area contributed by atoms with Crippen LogP contribution in [0.25, 0.3) is 0 Å². The molecule has 62 valence electrons. The second-order valence-corrected chi connectivity index (χ2v) is 3.46. The number of rotatable bonds is 1. The van der Waals surface area contributed by atoms with Crippen molar-refractivity contribution in [1.82, 2.24) is 0 Å². The van der Waals surface area contributed by atoms with E-state index in [1.54, 1.807) is 11.8 Å². The van der Waals surface area contributed by atoms with E-state index in [0.717, 1.165) is 23.3 Å². The van der Waals surface area contributed by atoms with E-state index >= 15 is 0 Å². The molecule has 0 aliphatic carbocycles. The molecule has 1 heterocycles. The molecule has 1 aliphatic rings. The second kappa shape index (κ2) is 3.63. The fraction of sp³-hybridized carbons (Fsp3) is 0.222. The van der Waals surface area contributed by atoms with E-state index in [2.05, 4.69) is 4.99 Å². The highest BCUT2D eigenvalue weighted by Crippen LogP contribution is 2.17. The van der Waals surface area contributed by atoms with Gasteiger partial charge in [-0.2, -0.15) is 0 Å². The molecular formula is C9H9NOS. The molecule has 1 aromatic rings. The lowest BCUT2D eigenvalue weighted by atomic mass is 10.3. The molecule has 1 aliphatic heterocycles. The Bertz CT molecular complexity index is 284. The van der Waals surface area contributed by atoms with Crippen molar-refractivity contribution in [2.75, 3.05) is 12.3 Å². The number of para-hydroxylation sites is 1. The highest BCUT2D eigenvalue weighted by Gasteiger charge is 2.08. The molecule has 0 unspecified atom stereocenters. The molecule has 0 radical (unpaired) electrons. The average molecular weight is 179 g/mol. The summed E-state index contributed by atoms with van der Waals surface area (Å²) in [5.74, 6) is 1.91. The van der Waals surface area contributed by atoms with Crippen molar-refractivity contribution in [3.63, 3.8) is 0 Å². The fourth-order valence-electron chi connectivity index (χ4n) is 0.967. The normalized spacial score (nSPS) is 15.8. The van der Waals surface area contributed by atoms with Gasteiger partial charge >= 0.3 is 0 Å². The Kier molecular flexibility index (Phi) is 2.32. The van der Waals surface area contributed by atoms with Gasteiger partial charge in [0.15, 0.2) is 0 Å². The number of aliphatic imine (C=N–C) groups is 1. The maximum atomic E-state index is 5.49. The lowest BCUT2D eigenvalue weighted by molar-refractivity contribution is 0.566. The molecule has 0 bridgehead atoms. The van der Waals surface area contributed by atoms with E-state index < -0.39 is 0 Å². The third-order valence-electron chi connectivity index (χ3n) is 1.51. The second-order valence-electron chi connectivity index (χ2n) is 2.41. The Hall–Kier alpha value is -0.960. The van der Waals surface area contributed by atoms with E-state index in [0.29, 0.717) is 0 Å². The smallest absolute Gasteiger partial charge is 0.251 e. The summed E-state index contributed by atoms with van der Waals surface area (Å²) in [5, 5.41) is 0.793. The van der Waals surface area contributed by atoms with Crippen molar-refractivity contribution in [1.29, 1.82) is 0 Å². The topological polar surface area (TPSA) is 21.6 Å². The number of benzene rings is 1. The summed E-state index contributed by atoms with van der Waals surface area (Å²) < 4.78 is 5.49. The average Bonchev–Trinajstić information content (AvgIpc) is 2.59. The Labute approximate surface area is 75.7 Å². The van der Waals surface area contributed by atoms with E-state index in [1.807, 2.05) is 30.3 Å². The lowest BCUT2D eigenvalue weighted by Gasteiger charge is -2.01. The molecule has 0 aromatic heterocycles. The summed E-state index contributed by atoms with van der Waals surface area (Å²) in [5.41, 5.74) is 0. The van der Waals surface area contributed by atoms with Gasteiger partial charge in [-0.1, -0.05) is 30.0 Å². The molecule has 0 fully saturated rings. The number of hydrogen-bond acceptors (Lipinski definition) is 3. The molecule has 2 nitrogen and oxygen atoms in total. The van der Waals surface area contributed by atoms with E-state index in [9.17, 15) is 0 Å². The van der Waals surface area contributed by atoms with Gasteiger partial charge in [0.25, 0.3) is 5.23 Å². The number of thioether (sulfide) groups is 1. The Morgan fingerprint density at radius 2 is 2.08 bits per heavy atom. The molecule has 0 saturated heterocycles. The number of ether oxygens (including phenoxy) is 1. The van der Waals surface area contributed by atoms with Gasteiger partial charge in [-0.3, -0.25) is 0 Å². The van der Waals surface area contributed by atoms with Gasteiger partial charge in [0.2, 0.25) is 0 Å². The fourth-order valence-corrected chi connectivity index (χ4v) is 1.66. The van der Waals surface area contributed by atoms with Crippen LogP contribution in [0, 0.1) is 0 Å². The highest BCUT2D eigenvalue weighted by atomic mass is 32.2. The van der Waals surface area contributed by atoms with Crippen LogP contribution in [0.5, 0.6) is 5.75 Å². The van der Waals surface area contributed by atoms with E-state index in [4.69, 9.17) is 4.74 Å². The summed E-state index contributed by atoms with van der Waals surface area (Å²) in [6, 6.07) is 9.74. The van der Waals surface area contributed by atoms with Gasteiger partial charge in [-0.05, 0) is 12.1 Å². The van der Waals surface area contributed by atoms with Crippen molar-refractivity contribution >= 4 is 17.0 Å². The third-order valence-corrected chi connectivity index (χ3v) is 2.35. The molecule has 0 amide bonds. The van der Waals surface area contributed by atoms with Gasteiger partial charge in [0, 0.05) is 5.75 Å². The van der Waals surface area contributed by atoms with Crippen molar-refractivity contribution in [2.45, 2.75) is 0 Å². The van der Waals surface area contributed by atoms with Crippen LogP contribution < -0.4 is 4.74 Å². The Morgan fingerprint density at radius 1 is 1.25 bits per heavy atom. The minimum absolute atomic E-state index is 0.793. The zero-order valence-corrected chi connectivity index (χ0v) is 7.38. The van der Waals surface area contributed by atoms with Crippen LogP contribution in [0.15, 0.2) is 35.3 Å². The number of nitrogens with zero attached hydrogens (tertiary/aromatic N) is 1. The lowest BCUT2D eigenvalue weighted by Crippen LogP contribution is -1.99. The molecule has 12 heavy (non-hydrogen) atoms. The molecule has 3 heteroatoms. The minimum atomic E-state index is 0.793. The van der Waals surface area contributed by atoms with Crippen LogP contribution in [-0.2, 0) is 0 Å². The molecule has 1 aromatic carbocycles. The van der Waals surface area contributed by atoms with Gasteiger partial charge in [0.1, 0.15) is 5.75 Å². The quantitative estimate of drug-likeness (QED) is 0.659. The van der Waals surface area contributed by atoms with Crippen molar-refractivity contribution < 1.29 is 4.74 Å². The highest BCUT2D eigenvalue weighted by molar-refractivity contribution is 8.13. The summed E-state index contributed by atoms with van der Waals surface area (Å²) in [7, 11) is 0. The molecule has 2 rings (SSSR count). The van der Waals surface area contributed by atoms with Crippen LogP contribution in [0.1, 0.15) is 0 Å². The summed E-state index contributed by atoms with van der Waals surface area (Å²) in [6.45, 7) is 0.882. The maximum Gasteiger partial charge on any atom is 0.251 e. The van der Waals surface area contributed by atoms with Gasteiger partial charge < -0.3 is 4.74 Å². The first-order chi connectivity index (χ1) is 5.95. The monoisotopic (exact) mass is 179 g/mol. The largest absolute Gasteiger partial charge is 0.434 e. The number of hydrogen-bond donors (Lipinski definition) is 0. The van der Waals surface area contributed by atoms with Crippen LogP contribution in [0.3, 0.4) is 0 Å². The first-order valence-corrected chi connectivity index (χ1v) is 4.84. The molecule has 0 spiro atoms. The Morgan fingerprint density at radius 3 is 2.75 bits per heavy atom. The van der Waals surface area contributed by atoms with Gasteiger partial charge in [-0.15, -0.1) is 0 Å². The summed E-state index contributed by atoms with van der Waals surface area (Å²) >= 11 is 1.66. The SMILES string of the molecule is c1ccc(OC2=NCCS2)cc1. The molecule has 0 saturated carbocycles. The molecule has 0 atom stereocenters. The molecular weight excluding hydrogens is 170 g/mol. The standard InChI is InChI=1S/C9H9NOS/c1-2-4-8(5-3-1)11-9-10-6-7-12-9/h1-5H,6-7H2. The van der Waals surface area contributed by atoms with Crippen LogP contribution in [0.4, 0.5) is 0 Å². The zero-order chi connectivity index (χ0) is 8.23.